The molecular weight excluding hydrogens is 304 g/mol. The third-order valence-electron chi connectivity index (χ3n) is 6.12. The molecule has 0 unspecified atom stereocenters. The second kappa shape index (κ2) is 4.51. The van der Waals surface area contributed by atoms with E-state index in [0.29, 0.717) is 0 Å². The predicted molar refractivity (Wildman–Crippen MR) is 103 cm³/mol. The summed E-state index contributed by atoms with van der Waals surface area (Å²) in [5, 5.41) is 0. The fourth-order valence-corrected chi connectivity index (χ4v) is 4.66. The number of nitrogens with zero attached hydrogens (tertiary/aromatic N) is 2. The average molecular weight is 326 g/mol. The van der Waals surface area contributed by atoms with Gasteiger partial charge in [-0.05, 0) is 23.3 Å². The molecule has 0 aliphatic carbocycles. The van der Waals surface area contributed by atoms with E-state index in [1.807, 2.05) is 0 Å². The van der Waals surface area contributed by atoms with Gasteiger partial charge in [0.1, 0.15) is 0 Å². The number of fused-ring (bicyclic) bond motifs is 4. The maximum absolute atomic E-state index is 4.65. The summed E-state index contributed by atoms with van der Waals surface area (Å²) in [5.74, 6) is 0. The Bertz CT molecular complexity index is 936. The van der Waals surface area contributed by atoms with Gasteiger partial charge in [0.2, 0.25) is 0 Å². The third kappa shape index (κ3) is 1.67. The van der Waals surface area contributed by atoms with Crippen LogP contribution in [-0.2, 0) is 10.8 Å². The fourth-order valence-electron chi connectivity index (χ4n) is 4.66. The zero-order valence-corrected chi connectivity index (χ0v) is 15.2. The third-order valence-corrected chi connectivity index (χ3v) is 6.12. The number of anilines is 3. The Morgan fingerprint density at radius 2 is 1.08 bits per heavy atom. The van der Waals surface area contributed by atoms with E-state index in [-0.39, 0.29) is 10.8 Å². The average Bonchev–Trinajstić information content (AvgIpc) is 2.61. The van der Waals surface area contributed by atoms with E-state index in [4.69, 9.17) is 0 Å². The molecule has 2 aliphatic heterocycles. The van der Waals surface area contributed by atoms with Gasteiger partial charge in [-0.15, -0.1) is 0 Å². The molecule has 1 aromatic heterocycles. The van der Waals surface area contributed by atoms with Gasteiger partial charge in [-0.25, -0.2) is 0 Å². The lowest BCUT2D eigenvalue weighted by atomic mass is 9.67. The van der Waals surface area contributed by atoms with Crippen LogP contribution in [0.15, 0.2) is 60.9 Å². The van der Waals surface area contributed by atoms with Crippen LogP contribution in [-0.4, -0.2) is 4.98 Å². The SMILES string of the molecule is CC1(C)c2ccccc2N2c3ccccc3C(C)(C)c3cncc1c32. The molecule has 0 N–H and O–H groups in total. The molecule has 0 fully saturated rings. The number of para-hydroxylation sites is 2. The van der Waals surface area contributed by atoms with Gasteiger partial charge < -0.3 is 4.90 Å². The van der Waals surface area contributed by atoms with Gasteiger partial charge >= 0.3 is 0 Å². The van der Waals surface area contributed by atoms with Crippen LogP contribution in [0.25, 0.3) is 0 Å². The molecule has 0 radical (unpaired) electrons. The highest BCUT2D eigenvalue weighted by Gasteiger charge is 2.45. The summed E-state index contributed by atoms with van der Waals surface area (Å²) in [5.41, 5.74) is 9.11. The molecule has 3 heterocycles. The molecule has 3 aromatic rings. The van der Waals surface area contributed by atoms with Crippen LogP contribution in [0.2, 0.25) is 0 Å². The molecule has 0 atom stereocenters. The number of hydrogen-bond acceptors (Lipinski definition) is 2. The van der Waals surface area contributed by atoms with Gasteiger partial charge in [0, 0.05) is 34.4 Å². The van der Waals surface area contributed by atoms with Crippen LogP contribution < -0.4 is 4.90 Å². The molecule has 5 rings (SSSR count). The number of rotatable bonds is 0. The largest absolute Gasteiger partial charge is 0.309 e. The molecule has 2 heteroatoms. The van der Waals surface area contributed by atoms with Crippen molar-refractivity contribution in [3.05, 3.63) is 83.2 Å². The van der Waals surface area contributed by atoms with Crippen LogP contribution >= 0.6 is 0 Å². The number of pyridine rings is 1. The predicted octanol–water partition coefficient (Wildman–Crippen LogP) is 5.83. The van der Waals surface area contributed by atoms with Gasteiger partial charge in [-0.1, -0.05) is 64.1 Å². The minimum Gasteiger partial charge on any atom is -0.309 e. The maximum atomic E-state index is 4.65. The Kier molecular flexibility index (Phi) is 2.66. The first-order chi connectivity index (χ1) is 11.9. The van der Waals surface area contributed by atoms with Crippen molar-refractivity contribution in [2.24, 2.45) is 0 Å². The second-order valence-corrected chi connectivity index (χ2v) is 8.20. The number of hydrogen-bond donors (Lipinski definition) is 0. The Balaban J connectivity index is 1.97. The monoisotopic (exact) mass is 326 g/mol. The van der Waals surface area contributed by atoms with E-state index in [1.54, 1.807) is 0 Å². The lowest BCUT2D eigenvalue weighted by Crippen LogP contribution is -2.38. The molecule has 2 aromatic carbocycles. The fraction of sp³-hybridized carbons (Fsp3) is 0.261. The number of aromatic nitrogens is 1. The van der Waals surface area contributed by atoms with Gasteiger partial charge in [0.25, 0.3) is 0 Å². The summed E-state index contributed by atoms with van der Waals surface area (Å²) in [6.07, 6.45) is 4.12. The lowest BCUT2D eigenvalue weighted by molar-refractivity contribution is 0.592. The van der Waals surface area contributed by atoms with Crippen LogP contribution in [0, 0.1) is 0 Å². The molecule has 0 bridgehead atoms. The molecule has 0 saturated heterocycles. The highest BCUT2D eigenvalue weighted by Crippen LogP contribution is 2.59. The van der Waals surface area contributed by atoms with Gasteiger partial charge in [-0.3, -0.25) is 4.98 Å². The van der Waals surface area contributed by atoms with Crippen LogP contribution in [0.1, 0.15) is 49.9 Å². The van der Waals surface area contributed by atoms with Gasteiger partial charge in [-0.2, -0.15) is 0 Å². The van der Waals surface area contributed by atoms with E-state index >= 15 is 0 Å². The van der Waals surface area contributed by atoms with Crippen molar-refractivity contribution in [1.82, 2.24) is 4.98 Å². The van der Waals surface area contributed by atoms with Crippen LogP contribution in [0.4, 0.5) is 17.1 Å². The molecule has 124 valence electrons. The summed E-state index contributed by atoms with van der Waals surface area (Å²) >= 11 is 0. The summed E-state index contributed by atoms with van der Waals surface area (Å²) in [6, 6.07) is 17.6. The molecular formula is C23H22N2. The zero-order chi connectivity index (χ0) is 17.4. The zero-order valence-electron chi connectivity index (χ0n) is 15.2. The highest BCUT2D eigenvalue weighted by atomic mass is 15.2. The molecule has 2 aliphatic rings. The van der Waals surface area contributed by atoms with Gasteiger partial charge in [0.15, 0.2) is 0 Å². The summed E-state index contributed by atoms with van der Waals surface area (Å²) in [6.45, 7) is 9.25. The highest BCUT2D eigenvalue weighted by molar-refractivity contribution is 5.92. The van der Waals surface area contributed by atoms with Gasteiger partial charge in [0.05, 0.1) is 17.1 Å². The first kappa shape index (κ1) is 14.7. The van der Waals surface area contributed by atoms with Crippen molar-refractivity contribution >= 4 is 17.1 Å². The molecule has 25 heavy (non-hydrogen) atoms. The Morgan fingerprint density at radius 3 is 1.56 bits per heavy atom. The first-order valence-corrected chi connectivity index (χ1v) is 8.92. The topological polar surface area (TPSA) is 16.1 Å². The normalized spacial score (nSPS) is 18.2. The number of benzene rings is 2. The van der Waals surface area contributed by atoms with Crippen molar-refractivity contribution in [3.63, 3.8) is 0 Å². The van der Waals surface area contributed by atoms with E-state index in [9.17, 15) is 0 Å². The molecule has 0 saturated carbocycles. The van der Waals surface area contributed by atoms with Crippen molar-refractivity contribution in [2.45, 2.75) is 38.5 Å². The minimum absolute atomic E-state index is 0.0617. The summed E-state index contributed by atoms with van der Waals surface area (Å²) in [4.78, 5) is 7.10. The van der Waals surface area contributed by atoms with E-state index in [1.165, 1.54) is 39.3 Å². The van der Waals surface area contributed by atoms with Crippen molar-refractivity contribution < 1.29 is 0 Å². The van der Waals surface area contributed by atoms with E-state index < -0.39 is 0 Å². The van der Waals surface area contributed by atoms with Crippen molar-refractivity contribution in [2.75, 3.05) is 4.90 Å². The summed E-state index contributed by atoms with van der Waals surface area (Å²) < 4.78 is 0. The lowest BCUT2D eigenvalue weighted by Gasteiger charge is -2.49. The summed E-state index contributed by atoms with van der Waals surface area (Å²) in [7, 11) is 0. The first-order valence-electron chi connectivity index (χ1n) is 8.92. The maximum Gasteiger partial charge on any atom is 0.0574 e. The Labute approximate surface area is 149 Å². The molecule has 2 nitrogen and oxygen atoms in total. The molecule has 0 spiro atoms. The van der Waals surface area contributed by atoms with E-state index in [0.717, 1.165) is 0 Å². The van der Waals surface area contributed by atoms with E-state index in [2.05, 4.69) is 98.5 Å². The standard InChI is InChI=1S/C23H22N2/c1-22(2)15-9-5-7-11-19(15)25-20-12-8-6-10-16(20)23(3,4)18-14-24-13-17(22)21(18)25/h5-14H,1-4H3. The molecule has 0 amide bonds. The Morgan fingerprint density at radius 1 is 0.640 bits per heavy atom. The van der Waals surface area contributed by atoms with Crippen molar-refractivity contribution in [1.29, 1.82) is 0 Å². The second-order valence-electron chi connectivity index (χ2n) is 8.20. The van der Waals surface area contributed by atoms with Crippen molar-refractivity contribution in [3.8, 4) is 0 Å². The quantitative estimate of drug-likeness (QED) is 0.516. The minimum atomic E-state index is -0.0617. The smallest absolute Gasteiger partial charge is 0.0574 e. The Hall–Kier alpha value is -2.61. The van der Waals surface area contributed by atoms with Crippen LogP contribution in [0.3, 0.4) is 0 Å². The van der Waals surface area contributed by atoms with Crippen LogP contribution in [0.5, 0.6) is 0 Å².